The van der Waals surface area contributed by atoms with Gasteiger partial charge in [-0.05, 0) is 6.42 Å². The first kappa shape index (κ1) is 11.7. The van der Waals surface area contributed by atoms with E-state index in [0.29, 0.717) is 0 Å². The molecule has 4 nitrogen and oxygen atoms in total. The van der Waals surface area contributed by atoms with E-state index in [1.54, 1.807) is 0 Å². The molecule has 0 radical (unpaired) electrons. The molecule has 1 amide bonds. The van der Waals surface area contributed by atoms with E-state index in [2.05, 4.69) is 0 Å². The van der Waals surface area contributed by atoms with Crippen molar-refractivity contribution in [3.05, 3.63) is 0 Å². The number of amides is 1. The summed E-state index contributed by atoms with van der Waals surface area (Å²) in [6.07, 6.45) is -5.14. The van der Waals surface area contributed by atoms with Crippen LogP contribution in [0.15, 0.2) is 0 Å². The summed E-state index contributed by atoms with van der Waals surface area (Å²) in [5.41, 5.74) is 0. The third-order valence-corrected chi connectivity index (χ3v) is 1.27. The van der Waals surface area contributed by atoms with Crippen molar-refractivity contribution in [3.63, 3.8) is 0 Å². The fourth-order valence-corrected chi connectivity index (χ4v) is 0.578. The highest BCUT2D eigenvalue weighted by atomic mass is 19.4. The molecule has 0 bridgehead atoms. The van der Waals surface area contributed by atoms with Gasteiger partial charge in [-0.3, -0.25) is 4.79 Å². The van der Waals surface area contributed by atoms with Crippen molar-refractivity contribution >= 4 is 11.9 Å². The van der Waals surface area contributed by atoms with Gasteiger partial charge in [0.1, 0.15) is 6.04 Å². The topological polar surface area (TPSA) is 66.4 Å². The molecule has 1 atom stereocenters. The summed E-state index contributed by atoms with van der Waals surface area (Å²) in [7, 11) is 0. The first-order valence-electron chi connectivity index (χ1n) is 3.39. The number of carbonyl (C=O) groups excluding carboxylic acids is 1. The van der Waals surface area contributed by atoms with Crippen molar-refractivity contribution in [1.29, 1.82) is 0 Å². The van der Waals surface area contributed by atoms with Gasteiger partial charge in [-0.1, -0.05) is 6.92 Å². The summed E-state index contributed by atoms with van der Waals surface area (Å²) < 4.78 is 34.8. The Morgan fingerprint density at radius 2 is 1.92 bits per heavy atom. The smallest absolute Gasteiger partial charge is 0.471 e. The highest BCUT2D eigenvalue weighted by molar-refractivity contribution is 5.86. The zero-order valence-corrected chi connectivity index (χ0v) is 6.68. The zero-order valence-electron chi connectivity index (χ0n) is 6.68. The molecule has 2 N–H and O–H groups in total. The summed E-state index contributed by atoms with van der Waals surface area (Å²) in [5.74, 6) is -3.72. The van der Waals surface area contributed by atoms with Crippen LogP contribution in [0.1, 0.15) is 13.3 Å². The van der Waals surface area contributed by atoms with Crippen LogP contribution in [0.5, 0.6) is 0 Å². The lowest BCUT2D eigenvalue weighted by Gasteiger charge is -2.13. The maximum atomic E-state index is 11.6. The van der Waals surface area contributed by atoms with E-state index in [0.717, 1.165) is 0 Å². The summed E-state index contributed by atoms with van der Waals surface area (Å²) >= 11 is 0. The van der Waals surface area contributed by atoms with Gasteiger partial charge < -0.3 is 10.4 Å². The number of carboxylic acid groups (broad SMARTS) is 1. The van der Waals surface area contributed by atoms with Crippen LogP contribution in [0.4, 0.5) is 13.2 Å². The van der Waals surface area contributed by atoms with Crippen molar-refractivity contribution in [2.24, 2.45) is 0 Å². The van der Waals surface area contributed by atoms with Crippen molar-refractivity contribution in [2.75, 3.05) is 0 Å². The van der Waals surface area contributed by atoms with Gasteiger partial charge in [-0.25, -0.2) is 4.79 Å². The average molecular weight is 199 g/mol. The molecule has 0 fully saturated rings. The largest absolute Gasteiger partial charge is 0.480 e. The van der Waals surface area contributed by atoms with Gasteiger partial charge in [-0.15, -0.1) is 0 Å². The number of hydrogen-bond donors (Lipinski definition) is 2. The highest BCUT2D eigenvalue weighted by Crippen LogP contribution is 2.14. The van der Waals surface area contributed by atoms with Crippen molar-refractivity contribution < 1.29 is 27.9 Å². The molecule has 0 aliphatic heterocycles. The van der Waals surface area contributed by atoms with Crippen LogP contribution in [0.25, 0.3) is 0 Å². The van der Waals surface area contributed by atoms with E-state index in [-0.39, 0.29) is 6.42 Å². The van der Waals surface area contributed by atoms with E-state index in [1.807, 2.05) is 0 Å². The van der Waals surface area contributed by atoms with Crippen LogP contribution >= 0.6 is 0 Å². The van der Waals surface area contributed by atoms with Gasteiger partial charge in [0, 0.05) is 0 Å². The number of halogens is 3. The Bertz CT molecular complexity index is 214. The predicted molar refractivity (Wildman–Crippen MR) is 35.9 cm³/mol. The first-order chi connectivity index (χ1) is 5.79. The quantitative estimate of drug-likeness (QED) is 0.696. The molecular formula is C6H8F3NO3. The summed E-state index contributed by atoms with van der Waals surface area (Å²) in [6, 6.07) is -1.49. The monoisotopic (exact) mass is 199 g/mol. The number of hydrogen-bond acceptors (Lipinski definition) is 2. The minimum absolute atomic E-state index is 0.100. The van der Waals surface area contributed by atoms with Crippen molar-refractivity contribution in [1.82, 2.24) is 5.32 Å². The van der Waals surface area contributed by atoms with Crippen LogP contribution in [0, 0.1) is 0 Å². The number of aliphatic carboxylic acids is 1. The molecule has 0 aliphatic carbocycles. The lowest BCUT2D eigenvalue weighted by atomic mass is 10.2. The Hall–Kier alpha value is -1.27. The van der Waals surface area contributed by atoms with Gasteiger partial charge in [0.25, 0.3) is 0 Å². The van der Waals surface area contributed by atoms with E-state index in [9.17, 15) is 22.8 Å². The van der Waals surface area contributed by atoms with Crippen LogP contribution < -0.4 is 5.32 Å². The van der Waals surface area contributed by atoms with Gasteiger partial charge in [0.2, 0.25) is 0 Å². The molecule has 0 saturated heterocycles. The Balaban J connectivity index is 4.26. The van der Waals surface area contributed by atoms with Crippen molar-refractivity contribution in [2.45, 2.75) is 25.6 Å². The summed E-state index contributed by atoms with van der Waals surface area (Å²) in [6.45, 7) is 1.36. The molecule has 0 saturated carbocycles. The molecule has 0 unspecified atom stereocenters. The van der Waals surface area contributed by atoms with Gasteiger partial charge >= 0.3 is 18.1 Å². The molecule has 0 aliphatic rings. The van der Waals surface area contributed by atoms with E-state index >= 15 is 0 Å². The molecule has 0 aromatic rings. The molecule has 0 aromatic heterocycles. The lowest BCUT2D eigenvalue weighted by molar-refractivity contribution is -0.175. The second-order valence-corrected chi connectivity index (χ2v) is 2.27. The van der Waals surface area contributed by atoms with Crippen LogP contribution in [0.2, 0.25) is 0 Å². The number of rotatable bonds is 3. The fourth-order valence-electron chi connectivity index (χ4n) is 0.578. The standard InChI is InChI=1S/C6H8F3NO3/c1-2-3(4(11)12)10-5(13)6(7,8)9/h3H,2H2,1H3,(H,10,13)(H,11,12)/t3-/m0/s1. The van der Waals surface area contributed by atoms with E-state index in [1.165, 1.54) is 12.2 Å². The number of carboxylic acids is 1. The maximum Gasteiger partial charge on any atom is 0.471 e. The number of nitrogens with one attached hydrogen (secondary N) is 1. The highest BCUT2D eigenvalue weighted by Gasteiger charge is 2.40. The van der Waals surface area contributed by atoms with Crippen LogP contribution in [-0.2, 0) is 9.59 Å². The normalized spacial score (nSPS) is 13.5. The number of carbonyl (C=O) groups is 2. The minimum atomic E-state index is -5.04. The Labute approximate surface area is 71.7 Å². The average Bonchev–Trinajstić information content (AvgIpc) is 1.96. The fraction of sp³-hybridized carbons (Fsp3) is 0.667. The Morgan fingerprint density at radius 3 is 2.15 bits per heavy atom. The molecule has 7 heteroatoms. The molecule has 13 heavy (non-hydrogen) atoms. The Kier molecular flexibility index (Phi) is 3.70. The molecule has 76 valence electrons. The van der Waals surface area contributed by atoms with Gasteiger partial charge in [-0.2, -0.15) is 13.2 Å². The second-order valence-electron chi connectivity index (χ2n) is 2.27. The van der Waals surface area contributed by atoms with E-state index in [4.69, 9.17) is 5.11 Å². The molecule has 0 aromatic carbocycles. The molecular weight excluding hydrogens is 191 g/mol. The van der Waals surface area contributed by atoms with Crippen LogP contribution in [0.3, 0.4) is 0 Å². The SMILES string of the molecule is CC[C@H](NC(=O)C(F)(F)F)C(=O)O. The third kappa shape index (κ3) is 3.77. The zero-order chi connectivity index (χ0) is 10.6. The van der Waals surface area contributed by atoms with Gasteiger partial charge in [0.15, 0.2) is 0 Å². The lowest BCUT2D eigenvalue weighted by Crippen LogP contribution is -2.46. The van der Waals surface area contributed by atoms with E-state index < -0.39 is 24.1 Å². The molecule has 0 spiro atoms. The number of alkyl halides is 3. The first-order valence-corrected chi connectivity index (χ1v) is 3.39. The Morgan fingerprint density at radius 1 is 1.46 bits per heavy atom. The third-order valence-electron chi connectivity index (χ3n) is 1.27. The van der Waals surface area contributed by atoms with Gasteiger partial charge in [0.05, 0.1) is 0 Å². The summed E-state index contributed by atoms with van der Waals surface area (Å²) in [4.78, 5) is 20.4. The van der Waals surface area contributed by atoms with Crippen LogP contribution in [-0.4, -0.2) is 29.2 Å². The second kappa shape index (κ2) is 4.11. The molecule has 0 rings (SSSR count). The van der Waals surface area contributed by atoms with Crippen molar-refractivity contribution in [3.8, 4) is 0 Å². The molecule has 0 heterocycles. The minimum Gasteiger partial charge on any atom is -0.480 e. The maximum absolute atomic E-state index is 11.6. The predicted octanol–water partition coefficient (Wildman–Crippen LogP) is 0.528. The summed E-state index contributed by atoms with van der Waals surface area (Å²) in [5, 5.41) is 9.65.